The lowest BCUT2D eigenvalue weighted by molar-refractivity contribution is -0.381. The van der Waals surface area contributed by atoms with E-state index in [1.807, 2.05) is 212 Å². The second kappa shape index (κ2) is 32.6. The van der Waals surface area contributed by atoms with Crippen LogP contribution < -0.4 is 0 Å². The fraction of sp³-hybridized carbons (Fsp3) is 0.338. The van der Waals surface area contributed by atoms with Crippen LogP contribution in [0.1, 0.15) is 51.8 Å². The molecule has 2 N–H and O–H groups in total. The van der Waals surface area contributed by atoms with E-state index in [0.29, 0.717) is 0 Å². The van der Waals surface area contributed by atoms with Gasteiger partial charge in [0.1, 0.15) is 62.0 Å². The maximum absolute atomic E-state index is 14.5. The van der Waals surface area contributed by atoms with Crippen molar-refractivity contribution in [1.29, 1.82) is 0 Å². The minimum absolute atomic E-state index is 0.00434. The molecular formula is C68H73NO16. The third-order valence-corrected chi connectivity index (χ3v) is 14.6. The molecule has 2 aliphatic rings. The number of amides is 1. The highest BCUT2D eigenvalue weighted by Crippen LogP contribution is 2.38. The van der Waals surface area contributed by atoms with Gasteiger partial charge in [-0.3, -0.25) is 9.59 Å². The van der Waals surface area contributed by atoms with Crippen LogP contribution >= 0.6 is 0 Å². The van der Waals surface area contributed by atoms with Crippen molar-refractivity contribution in [1.82, 2.24) is 4.90 Å². The Morgan fingerprint density at radius 3 is 1.31 bits per heavy atom. The number of hydrogen-bond donors (Lipinski definition) is 2. The van der Waals surface area contributed by atoms with Gasteiger partial charge in [0.25, 0.3) is 0 Å². The number of carboxylic acid groups (broad SMARTS) is 1. The number of likely N-dealkylation sites (N-methyl/N-ethyl adjacent to an activating group) is 1. The highest BCUT2D eigenvalue weighted by Gasteiger charge is 2.56. The van der Waals surface area contributed by atoms with Crippen LogP contribution in [-0.4, -0.2) is 121 Å². The number of aliphatic hydroxyl groups excluding tert-OH is 1. The number of carbonyl (C=O) groups excluding carboxylic acids is 2. The van der Waals surface area contributed by atoms with E-state index in [4.69, 9.17) is 52.1 Å². The number of esters is 1. The molecule has 7 aromatic carbocycles. The van der Waals surface area contributed by atoms with Crippen LogP contribution in [0.2, 0.25) is 0 Å². The van der Waals surface area contributed by atoms with Crippen LogP contribution in [0.4, 0.5) is 4.79 Å². The molecule has 0 aromatic heterocycles. The highest BCUT2D eigenvalue weighted by molar-refractivity contribution is 5.76. The zero-order chi connectivity index (χ0) is 59.0. The molecule has 2 fully saturated rings. The fourth-order valence-electron chi connectivity index (χ4n) is 10.0. The van der Waals surface area contributed by atoms with E-state index in [1.165, 1.54) is 4.90 Å². The van der Waals surface area contributed by atoms with Crippen molar-refractivity contribution in [2.45, 2.75) is 127 Å². The van der Waals surface area contributed by atoms with Crippen molar-refractivity contribution in [3.8, 4) is 0 Å². The Morgan fingerprint density at radius 1 is 0.447 bits per heavy atom. The van der Waals surface area contributed by atoms with Crippen LogP contribution in [0.25, 0.3) is 0 Å². The lowest BCUT2D eigenvalue weighted by atomic mass is 9.92. The molecule has 2 aliphatic heterocycles. The first kappa shape index (κ1) is 61.9. The Balaban J connectivity index is 1.13. The molecule has 0 bridgehead atoms. The Morgan fingerprint density at radius 2 is 0.847 bits per heavy atom. The number of ether oxygens (including phenoxy) is 11. The van der Waals surface area contributed by atoms with Gasteiger partial charge in [0.05, 0.1) is 65.1 Å². The third kappa shape index (κ3) is 18.7. The van der Waals surface area contributed by atoms with E-state index in [9.17, 15) is 24.6 Å². The molecule has 11 atom stereocenters. The second-order valence-electron chi connectivity index (χ2n) is 20.7. The smallest absolute Gasteiger partial charge is 0.410 e. The summed E-state index contributed by atoms with van der Waals surface area (Å²) in [5.41, 5.74) is 5.71. The van der Waals surface area contributed by atoms with Gasteiger partial charge in [0, 0.05) is 7.05 Å². The first-order valence-corrected chi connectivity index (χ1v) is 28.5. The molecule has 0 unspecified atom stereocenters. The van der Waals surface area contributed by atoms with Crippen molar-refractivity contribution in [2.24, 2.45) is 0 Å². The van der Waals surface area contributed by atoms with Gasteiger partial charge in [-0.15, -0.1) is 0 Å². The first-order valence-electron chi connectivity index (χ1n) is 28.5. The molecule has 1 amide bonds. The average Bonchev–Trinajstić information content (AvgIpc) is 3.10. The van der Waals surface area contributed by atoms with Crippen molar-refractivity contribution in [3.63, 3.8) is 0 Å². The van der Waals surface area contributed by atoms with E-state index in [2.05, 4.69) is 0 Å². The normalized spacial score (nSPS) is 22.4. The molecule has 0 saturated carbocycles. The maximum atomic E-state index is 14.5. The highest BCUT2D eigenvalue weighted by atomic mass is 16.8. The predicted octanol–water partition coefficient (Wildman–Crippen LogP) is 10.0. The summed E-state index contributed by atoms with van der Waals surface area (Å²) in [5, 5.41) is 22.3. The molecule has 446 valence electrons. The number of rotatable bonds is 30. The number of aliphatic carboxylic acids is 1. The summed E-state index contributed by atoms with van der Waals surface area (Å²) >= 11 is 0. The molecule has 2 saturated heterocycles. The van der Waals surface area contributed by atoms with Crippen LogP contribution in [0.3, 0.4) is 0 Å². The van der Waals surface area contributed by atoms with E-state index in [-0.39, 0.29) is 52.9 Å². The Bertz CT molecular complexity index is 3040. The summed E-state index contributed by atoms with van der Waals surface area (Å²) in [6, 6.07) is 65.5. The van der Waals surface area contributed by atoms with Crippen molar-refractivity contribution in [2.75, 3.05) is 20.3 Å². The third-order valence-electron chi connectivity index (χ3n) is 14.6. The van der Waals surface area contributed by atoms with Gasteiger partial charge in [-0.2, -0.15) is 0 Å². The summed E-state index contributed by atoms with van der Waals surface area (Å²) in [6.45, 7) is -0.186. The van der Waals surface area contributed by atoms with E-state index in [1.54, 1.807) is 7.05 Å². The molecule has 0 spiro atoms. The SMILES string of the molecule is CN(C(=O)OCc1ccccc1)[C@H](COCc1ccccc1)[C@H]1O[C@H](OCc2ccccc2)[C@H](O[C@H]2O[C@H](COC(=O)CCC(=O)O)[C@@H](OCc3ccccc3)[C@H](OCc3ccccc3)[C@@H]2O)[C@@H](OCc2ccccc2)[C@@H]1OCc1ccccc1. The standard InChI is InChI=1S/C68H73NO16/c1-69(68(74)82-45-54-35-21-8-22-36-54)55(46-75-39-48-23-9-2-10-24-48)60-63(79-42-51-29-15-5-16-30-51)64(80-43-52-31-17-6-18-32-52)65(67(84-60)81-44-53-33-19-7-20-34-53)85-66-59(73)62(78-41-50-27-13-4-14-28-50)61(77-40-49-25-11-3-12-26-49)56(83-66)47-76-58(72)38-37-57(70)71/h2-36,55-56,59-67,73H,37-47H2,1H3,(H,70,71)/t55-,56-,59+,60-,61-,62-,63-,64+,65-,66-,67+/m1/s1. The number of benzene rings is 7. The van der Waals surface area contributed by atoms with Crippen molar-refractivity contribution < 1.29 is 76.7 Å². The largest absolute Gasteiger partial charge is 0.481 e. The Hall–Kier alpha value is -7.65. The minimum atomic E-state index is -1.61. The second-order valence-corrected chi connectivity index (χ2v) is 20.7. The van der Waals surface area contributed by atoms with E-state index < -0.39 is 105 Å². The van der Waals surface area contributed by atoms with E-state index >= 15 is 0 Å². The van der Waals surface area contributed by atoms with Crippen LogP contribution in [0.15, 0.2) is 212 Å². The zero-order valence-electron chi connectivity index (χ0n) is 47.4. The molecule has 85 heavy (non-hydrogen) atoms. The number of carbonyl (C=O) groups is 3. The topological polar surface area (TPSA) is 196 Å². The molecule has 0 radical (unpaired) electrons. The van der Waals surface area contributed by atoms with Gasteiger partial charge in [0.15, 0.2) is 12.6 Å². The molecule has 9 rings (SSSR count). The Kier molecular flexibility index (Phi) is 23.7. The molecule has 7 aromatic rings. The summed E-state index contributed by atoms with van der Waals surface area (Å²) in [5.74, 6) is -1.96. The summed E-state index contributed by atoms with van der Waals surface area (Å²) < 4.78 is 73.9. The fourth-order valence-corrected chi connectivity index (χ4v) is 10.0. The number of hydrogen-bond acceptors (Lipinski definition) is 15. The van der Waals surface area contributed by atoms with Crippen molar-refractivity contribution in [3.05, 3.63) is 251 Å². The minimum Gasteiger partial charge on any atom is -0.481 e. The van der Waals surface area contributed by atoms with E-state index in [0.717, 1.165) is 38.9 Å². The number of nitrogens with zero attached hydrogens (tertiary/aromatic N) is 1. The van der Waals surface area contributed by atoms with Crippen molar-refractivity contribution >= 4 is 18.0 Å². The molecule has 17 nitrogen and oxygen atoms in total. The lowest BCUT2D eigenvalue weighted by Gasteiger charge is -2.51. The van der Waals surface area contributed by atoms with Gasteiger partial charge in [-0.05, 0) is 38.9 Å². The summed E-state index contributed by atoms with van der Waals surface area (Å²) in [7, 11) is 1.62. The first-order chi connectivity index (χ1) is 41.6. The average molecular weight is 1160 g/mol. The lowest BCUT2D eigenvalue weighted by Crippen LogP contribution is -2.68. The number of carboxylic acids is 1. The van der Waals surface area contributed by atoms with Gasteiger partial charge >= 0.3 is 18.0 Å². The molecule has 2 heterocycles. The zero-order valence-corrected chi connectivity index (χ0v) is 47.4. The van der Waals surface area contributed by atoms with Crippen LogP contribution in [0.5, 0.6) is 0 Å². The van der Waals surface area contributed by atoms with Gasteiger partial charge in [0.2, 0.25) is 0 Å². The monoisotopic (exact) mass is 1160 g/mol. The Labute approximate surface area is 495 Å². The van der Waals surface area contributed by atoms with Crippen LogP contribution in [0, 0.1) is 0 Å². The summed E-state index contributed by atoms with van der Waals surface area (Å²) in [6.07, 6.45) is -14.3. The maximum Gasteiger partial charge on any atom is 0.410 e. The quantitative estimate of drug-likeness (QED) is 0.0403. The van der Waals surface area contributed by atoms with Gasteiger partial charge in [-0.1, -0.05) is 212 Å². The molecule has 17 heteroatoms. The molecular weight excluding hydrogens is 1090 g/mol. The number of aliphatic hydroxyl groups is 1. The van der Waals surface area contributed by atoms with Gasteiger partial charge in [-0.25, -0.2) is 4.79 Å². The summed E-state index contributed by atoms with van der Waals surface area (Å²) in [4.78, 5) is 40.7. The van der Waals surface area contributed by atoms with Gasteiger partial charge < -0.3 is 67.2 Å². The predicted molar refractivity (Wildman–Crippen MR) is 312 cm³/mol. The molecule has 0 aliphatic carbocycles. The van der Waals surface area contributed by atoms with Crippen LogP contribution in [-0.2, 0) is 108 Å².